The maximum Gasteiger partial charge on any atom is 0.176 e. The van der Waals surface area contributed by atoms with Gasteiger partial charge in [-0.15, -0.1) is 0 Å². The third kappa shape index (κ3) is 3.16. The normalized spacial score (nSPS) is 12.7. The summed E-state index contributed by atoms with van der Waals surface area (Å²) < 4.78 is 4.09. The number of hydrogen-bond donors (Lipinski definition) is 0. The molecule has 2 aromatic heterocycles. The van der Waals surface area contributed by atoms with Gasteiger partial charge in [-0.05, 0) is 25.7 Å². The number of benzene rings is 1. The van der Waals surface area contributed by atoms with Crippen LogP contribution in [0, 0.1) is 0 Å². The molecule has 0 N–H and O–H groups in total. The number of halogens is 1. The minimum absolute atomic E-state index is 0.150. The van der Waals surface area contributed by atoms with Crippen molar-refractivity contribution in [1.82, 2.24) is 24.0 Å². The van der Waals surface area contributed by atoms with E-state index >= 15 is 0 Å². The smallest absolute Gasteiger partial charge is 0.176 e. The molecule has 0 bridgehead atoms. The zero-order valence-electron chi connectivity index (χ0n) is 13.5. The predicted molar refractivity (Wildman–Crippen MR) is 92.3 cm³/mol. The SMILES string of the molecule is CN(C)C(Cn1ccnc1-c1nccn1C)c1ccccc1Cl. The van der Waals surface area contributed by atoms with Crippen LogP contribution in [-0.4, -0.2) is 38.1 Å². The van der Waals surface area contributed by atoms with Gasteiger partial charge in [0.25, 0.3) is 0 Å². The molecule has 1 unspecified atom stereocenters. The number of aryl methyl sites for hydroxylation is 1. The summed E-state index contributed by atoms with van der Waals surface area (Å²) in [5.41, 5.74) is 1.11. The van der Waals surface area contributed by atoms with Gasteiger partial charge in [-0.3, -0.25) is 0 Å². The summed E-state index contributed by atoms with van der Waals surface area (Å²) in [6.07, 6.45) is 7.50. The second-order valence-corrected chi connectivity index (χ2v) is 6.17. The van der Waals surface area contributed by atoms with Crippen LogP contribution >= 0.6 is 11.6 Å². The van der Waals surface area contributed by atoms with E-state index in [1.54, 1.807) is 6.20 Å². The first-order valence-corrected chi connectivity index (χ1v) is 7.85. The molecule has 0 aliphatic rings. The Morgan fingerprint density at radius 2 is 1.78 bits per heavy atom. The maximum atomic E-state index is 6.40. The lowest BCUT2D eigenvalue weighted by molar-refractivity contribution is 0.269. The minimum Gasteiger partial charge on any atom is -0.331 e. The molecule has 0 saturated heterocycles. The summed E-state index contributed by atoms with van der Waals surface area (Å²) in [6.45, 7) is 0.749. The van der Waals surface area contributed by atoms with Gasteiger partial charge in [0.15, 0.2) is 11.6 Å². The second kappa shape index (κ2) is 6.56. The molecule has 0 saturated carbocycles. The molecule has 0 amide bonds. The van der Waals surface area contributed by atoms with Gasteiger partial charge in [0.2, 0.25) is 0 Å². The first kappa shape index (κ1) is 15.8. The van der Waals surface area contributed by atoms with Gasteiger partial charge < -0.3 is 14.0 Å². The zero-order valence-corrected chi connectivity index (χ0v) is 14.3. The van der Waals surface area contributed by atoms with Crippen molar-refractivity contribution in [2.45, 2.75) is 12.6 Å². The molecule has 3 aromatic rings. The second-order valence-electron chi connectivity index (χ2n) is 5.77. The fourth-order valence-electron chi connectivity index (χ4n) is 2.72. The van der Waals surface area contributed by atoms with Crippen molar-refractivity contribution in [3.05, 3.63) is 59.6 Å². The monoisotopic (exact) mass is 329 g/mol. The van der Waals surface area contributed by atoms with Crippen molar-refractivity contribution < 1.29 is 0 Å². The Hall–Kier alpha value is -2.11. The number of rotatable bonds is 5. The molecule has 1 atom stereocenters. The Kier molecular flexibility index (Phi) is 4.50. The molecule has 5 nitrogen and oxygen atoms in total. The molecule has 6 heteroatoms. The number of nitrogens with zero attached hydrogens (tertiary/aromatic N) is 5. The molecular formula is C17H20ClN5. The van der Waals surface area contributed by atoms with Gasteiger partial charge in [-0.25, -0.2) is 9.97 Å². The lowest BCUT2D eigenvalue weighted by atomic mass is 10.1. The summed E-state index contributed by atoms with van der Waals surface area (Å²) in [5.74, 6) is 1.71. The zero-order chi connectivity index (χ0) is 16.4. The summed E-state index contributed by atoms with van der Waals surface area (Å²) >= 11 is 6.40. The van der Waals surface area contributed by atoms with Crippen molar-refractivity contribution in [2.24, 2.45) is 7.05 Å². The third-order valence-corrected chi connectivity index (χ3v) is 4.34. The van der Waals surface area contributed by atoms with Crippen LogP contribution in [0.2, 0.25) is 5.02 Å². The van der Waals surface area contributed by atoms with Crippen molar-refractivity contribution in [1.29, 1.82) is 0 Å². The number of likely N-dealkylation sites (N-methyl/N-ethyl adjacent to an activating group) is 1. The molecule has 0 fully saturated rings. The number of aromatic nitrogens is 4. The molecule has 0 radical (unpaired) electrons. The summed E-state index contributed by atoms with van der Waals surface area (Å²) in [6, 6.07) is 8.13. The fourth-order valence-corrected chi connectivity index (χ4v) is 2.98. The van der Waals surface area contributed by atoms with Gasteiger partial charge in [-0.1, -0.05) is 29.8 Å². The average molecular weight is 330 g/mol. The fraction of sp³-hybridized carbons (Fsp3) is 0.294. The Morgan fingerprint density at radius 1 is 1.09 bits per heavy atom. The summed E-state index contributed by atoms with van der Waals surface area (Å²) in [4.78, 5) is 11.0. The highest BCUT2D eigenvalue weighted by Gasteiger charge is 2.20. The molecule has 2 heterocycles. The van der Waals surface area contributed by atoms with Gasteiger partial charge in [0, 0.05) is 43.4 Å². The van der Waals surface area contributed by atoms with E-state index in [1.165, 1.54) is 0 Å². The lowest BCUT2D eigenvalue weighted by Crippen LogP contribution is -2.25. The van der Waals surface area contributed by atoms with Crippen LogP contribution in [0.1, 0.15) is 11.6 Å². The van der Waals surface area contributed by atoms with Crippen molar-refractivity contribution in [3.63, 3.8) is 0 Å². The van der Waals surface area contributed by atoms with Crippen LogP contribution in [0.4, 0.5) is 0 Å². The quantitative estimate of drug-likeness (QED) is 0.721. The van der Waals surface area contributed by atoms with Gasteiger partial charge >= 0.3 is 0 Å². The topological polar surface area (TPSA) is 38.9 Å². The van der Waals surface area contributed by atoms with Crippen LogP contribution < -0.4 is 0 Å². The van der Waals surface area contributed by atoms with E-state index in [-0.39, 0.29) is 6.04 Å². The van der Waals surface area contributed by atoms with Gasteiger partial charge in [0.1, 0.15) is 0 Å². The molecule has 0 aliphatic carbocycles. The van der Waals surface area contributed by atoms with E-state index in [0.717, 1.165) is 28.8 Å². The summed E-state index contributed by atoms with van der Waals surface area (Å²) in [7, 11) is 6.09. The molecule has 0 aliphatic heterocycles. The third-order valence-electron chi connectivity index (χ3n) is 3.99. The summed E-state index contributed by atoms with van der Waals surface area (Å²) in [5, 5.41) is 0.782. The molecule has 120 valence electrons. The van der Waals surface area contributed by atoms with Gasteiger partial charge in [-0.2, -0.15) is 0 Å². The molecule has 1 aromatic carbocycles. The predicted octanol–water partition coefficient (Wildman–Crippen LogP) is 3.24. The Labute approximate surface area is 141 Å². The maximum absolute atomic E-state index is 6.40. The minimum atomic E-state index is 0.150. The number of hydrogen-bond acceptors (Lipinski definition) is 3. The first-order chi connectivity index (χ1) is 11.1. The van der Waals surface area contributed by atoms with Crippen LogP contribution in [0.3, 0.4) is 0 Å². The molecular weight excluding hydrogens is 310 g/mol. The van der Waals surface area contributed by atoms with Crippen LogP contribution in [-0.2, 0) is 13.6 Å². The van der Waals surface area contributed by atoms with E-state index in [4.69, 9.17) is 11.6 Å². The van der Waals surface area contributed by atoms with E-state index in [2.05, 4.69) is 39.6 Å². The highest BCUT2D eigenvalue weighted by atomic mass is 35.5. The van der Waals surface area contributed by atoms with Crippen molar-refractivity contribution in [3.8, 4) is 11.6 Å². The number of imidazole rings is 2. The average Bonchev–Trinajstić information content (AvgIpc) is 3.13. The Bertz CT molecular complexity index is 790. The molecule has 23 heavy (non-hydrogen) atoms. The van der Waals surface area contributed by atoms with E-state index in [1.807, 2.05) is 48.4 Å². The van der Waals surface area contributed by atoms with Gasteiger partial charge in [0.05, 0.1) is 6.04 Å². The van der Waals surface area contributed by atoms with E-state index in [9.17, 15) is 0 Å². The Balaban J connectivity index is 1.96. The molecule has 3 rings (SSSR count). The first-order valence-electron chi connectivity index (χ1n) is 7.47. The van der Waals surface area contributed by atoms with Crippen molar-refractivity contribution >= 4 is 11.6 Å². The van der Waals surface area contributed by atoms with Crippen LogP contribution in [0.25, 0.3) is 11.6 Å². The highest BCUT2D eigenvalue weighted by Crippen LogP contribution is 2.28. The van der Waals surface area contributed by atoms with E-state index < -0.39 is 0 Å². The molecule has 0 spiro atoms. The standard InChI is InChI=1S/C17H20ClN5/c1-21(2)15(13-6-4-5-7-14(13)18)12-23-11-9-20-17(23)16-19-8-10-22(16)3/h4-11,15H,12H2,1-3H3. The van der Waals surface area contributed by atoms with Crippen molar-refractivity contribution in [2.75, 3.05) is 14.1 Å². The Morgan fingerprint density at radius 3 is 2.43 bits per heavy atom. The van der Waals surface area contributed by atoms with E-state index in [0.29, 0.717) is 0 Å². The van der Waals surface area contributed by atoms with Crippen LogP contribution in [0.15, 0.2) is 49.1 Å². The largest absolute Gasteiger partial charge is 0.331 e. The highest BCUT2D eigenvalue weighted by molar-refractivity contribution is 6.31. The van der Waals surface area contributed by atoms with Crippen LogP contribution in [0.5, 0.6) is 0 Å². The lowest BCUT2D eigenvalue weighted by Gasteiger charge is -2.26.